The quantitative estimate of drug-likeness (QED) is 0.713. The average molecular weight is 271 g/mol. The summed E-state index contributed by atoms with van der Waals surface area (Å²) in [5, 5.41) is 12.9. The summed E-state index contributed by atoms with van der Waals surface area (Å²) in [5.74, 6) is 1.15. The van der Waals surface area contributed by atoms with Crippen LogP contribution in [0.4, 0.5) is 0 Å². The molecular weight excluding hydrogens is 238 g/mol. The Morgan fingerprint density at radius 3 is 2.32 bits per heavy atom. The molecular formula is C16H33NO2. The van der Waals surface area contributed by atoms with E-state index in [-0.39, 0.29) is 12.0 Å². The zero-order valence-electron chi connectivity index (χ0n) is 13.6. The van der Waals surface area contributed by atoms with Gasteiger partial charge in [-0.15, -0.1) is 0 Å². The Bertz CT molecular complexity index is 263. The highest BCUT2D eigenvalue weighted by Gasteiger charge is 2.49. The van der Waals surface area contributed by atoms with Gasteiger partial charge < -0.3 is 15.2 Å². The lowest BCUT2D eigenvalue weighted by Crippen LogP contribution is -2.63. The first kappa shape index (κ1) is 16.9. The van der Waals surface area contributed by atoms with Crippen molar-refractivity contribution in [2.24, 2.45) is 17.3 Å². The van der Waals surface area contributed by atoms with Gasteiger partial charge in [-0.25, -0.2) is 0 Å². The molecule has 0 heterocycles. The van der Waals surface area contributed by atoms with E-state index in [2.05, 4.69) is 46.9 Å². The van der Waals surface area contributed by atoms with E-state index in [1.165, 1.54) is 0 Å². The fraction of sp³-hybridized carbons (Fsp3) is 1.00. The van der Waals surface area contributed by atoms with Gasteiger partial charge in [0.1, 0.15) is 0 Å². The summed E-state index contributed by atoms with van der Waals surface area (Å²) < 4.78 is 6.00. The molecule has 0 bridgehead atoms. The topological polar surface area (TPSA) is 41.5 Å². The molecule has 0 saturated heterocycles. The molecule has 1 fully saturated rings. The van der Waals surface area contributed by atoms with Crippen LogP contribution < -0.4 is 5.32 Å². The third-order valence-electron chi connectivity index (χ3n) is 4.47. The molecule has 3 atom stereocenters. The largest absolute Gasteiger partial charge is 0.396 e. The third kappa shape index (κ3) is 4.44. The Kier molecular flexibility index (Phi) is 6.28. The summed E-state index contributed by atoms with van der Waals surface area (Å²) in [6, 6.07) is 0.906. The minimum absolute atomic E-state index is 0.192. The summed E-state index contributed by atoms with van der Waals surface area (Å²) in [7, 11) is 0. The predicted molar refractivity (Wildman–Crippen MR) is 80.2 cm³/mol. The van der Waals surface area contributed by atoms with Crippen LogP contribution in [0.15, 0.2) is 0 Å². The summed E-state index contributed by atoms with van der Waals surface area (Å²) in [5.41, 5.74) is 0.192. The highest BCUT2D eigenvalue weighted by molar-refractivity contribution is 5.04. The lowest BCUT2D eigenvalue weighted by molar-refractivity contribution is -0.127. The number of nitrogens with one attached hydrogen (secondary N) is 1. The van der Waals surface area contributed by atoms with Crippen molar-refractivity contribution in [2.75, 3.05) is 13.2 Å². The second-order valence-corrected chi connectivity index (χ2v) is 7.35. The third-order valence-corrected chi connectivity index (χ3v) is 4.47. The first-order chi connectivity index (χ1) is 8.78. The van der Waals surface area contributed by atoms with Gasteiger partial charge in [-0.05, 0) is 24.7 Å². The molecule has 0 aliphatic heterocycles. The molecule has 1 aliphatic rings. The highest BCUT2D eigenvalue weighted by Crippen LogP contribution is 2.43. The number of aliphatic hydroxyl groups is 1. The average Bonchev–Trinajstić information content (AvgIpc) is 2.30. The lowest BCUT2D eigenvalue weighted by atomic mass is 9.64. The van der Waals surface area contributed by atoms with Crippen LogP contribution in [0.2, 0.25) is 0 Å². The van der Waals surface area contributed by atoms with Crippen LogP contribution in [0.5, 0.6) is 0 Å². The summed E-state index contributed by atoms with van der Waals surface area (Å²) in [6.07, 6.45) is 2.30. The number of rotatable bonds is 8. The number of aliphatic hydroxyl groups excluding tert-OH is 1. The summed E-state index contributed by atoms with van der Waals surface area (Å²) in [4.78, 5) is 0. The van der Waals surface area contributed by atoms with E-state index in [0.717, 1.165) is 19.4 Å². The van der Waals surface area contributed by atoms with Gasteiger partial charge in [0.05, 0.1) is 6.10 Å². The number of ether oxygens (including phenoxy) is 1. The standard InChI is InChI=1S/C16H33NO2/c1-11(2)10-19-15-9-14(16(15,5)6)17-13(7-8-18)12(3)4/h11-15,17-18H,7-10H2,1-6H3. The molecule has 0 spiro atoms. The molecule has 1 rings (SSSR count). The van der Waals surface area contributed by atoms with Crippen molar-refractivity contribution in [2.45, 2.75) is 72.6 Å². The molecule has 1 saturated carbocycles. The van der Waals surface area contributed by atoms with Crippen LogP contribution in [0.3, 0.4) is 0 Å². The maximum atomic E-state index is 9.15. The minimum Gasteiger partial charge on any atom is -0.396 e. The molecule has 19 heavy (non-hydrogen) atoms. The predicted octanol–water partition coefficient (Wildman–Crippen LogP) is 2.82. The van der Waals surface area contributed by atoms with Crippen molar-refractivity contribution in [3.05, 3.63) is 0 Å². The maximum absolute atomic E-state index is 9.15. The van der Waals surface area contributed by atoms with E-state index in [0.29, 0.717) is 30.0 Å². The van der Waals surface area contributed by atoms with Crippen LogP contribution in [0.1, 0.15) is 54.4 Å². The summed E-state index contributed by atoms with van der Waals surface area (Å²) in [6.45, 7) is 14.5. The van der Waals surface area contributed by atoms with Gasteiger partial charge in [0.25, 0.3) is 0 Å². The molecule has 3 unspecified atom stereocenters. The minimum atomic E-state index is 0.192. The Hall–Kier alpha value is -0.120. The van der Waals surface area contributed by atoms with Crippen LogP contribution in [0.25, 0.3) is 0 Å². The molecule has 0 amide bonds. The van der Waals surface area contributed by atoms with Crippen LogP contribution in [-0.2, 0) is 4.74 Å². The molecule has 3 heteroatoms. The van der Waals surface area contributed by atoms with Gasteiger partial charge in [-0.2, -0.15) is 0 Å². The van der Waals surface area contributed by atoms with Crippen molar-refractivity contribution in [3.8, 4) is 0 Å². The SMILES string of the molecule is CC(C)COC1CC(NC(CCO)C(C)C)C1(C)C. The van der Waals surface area contributed by atoms with Crippen LogP contribution >= 0.6 is 0 Å². The lowest BCUT2D eigenvalue weighted by Gasteiger charge is -2.53. The fourth-order valence-electron chi connectivity index (χ4n) is 2.77. The monoisotopic (exact) mass is 271 g/mol. The van der Waals surface area contributed by atoms with Crippen molar-refractivity contribution in [3.63, 3.8) is 0 Å². The normalized spacial score (nSPS) is 27.6. The number of hydrogen-bond acceptors (Lipinski definition) is 3. The Morgan fingerprint density at radius 2 is 1.89 bits per heavy atom. The molecule has 1 aliphatic carbocycles. The van der Waals surface area contributed by atoms with E-state index in [1.54, 1.807) is 0 Å². The molecule has 0 aromatic carbocycles. The smallest absolute Gasteiger partial charge is 0.0656 e. The molecule has 0 aromatic heterocycles. The van der Waals surface area contributed by atoms with E-state index >= 15 is 0 Å². The van der Waals surface area contributed by atoms with Gasteiger partial charge >= 0.3 is 0 Å². The van der Waals surface area contributed by atoms with Crippen LogP contribution in [-0.4, -0.2) is 36.5 Å². The van der Waals surface area contributed by atoms with Gasteiger partial charge in [-0.1, -0.05) is 41.5 Å². The first-order valence-corrected chi connectivity index (χ1v) is 7.77. The van der Waals surface area contributed by atoms with E-state index in [9.17, 15) is 0 Å². The van der Waals surface area contributed by atoms with Crippen molar-refractivity contribution in [1.29, 1.82) is 0 Å². The molecule has 0 aromatic rings. The summed E-state index contributed by atoms with van der Waals surface area (Å²) >= 11 is 0. The van der Waals surface area contributed by atoms with Gasteiger partial charge in [0.15, 0.2) is 0 Å². The van der Waals surface area contributed by atoms with Crippen molar-refractivity contribution in [1.82, 2.24) is 5.32 Å². The Morgan fingerprint density at radius 1 is 1.26 bits per heavy atom. The van der Waals surface area contributed by atoms with E-state index < -0.39 is 0 Å². The van der Waals surface area contributed by atoms with Crippen LogP contribution in [0, 0.1) is 17.3 Å². The Balaban J connectivity index is 2.45. The molecule has 114 valence electrons. The highest BCUT2D eigenvalue weighted by atomic mass is 16.5. The second-order valence-electron chi connectivity index (χ2n) is 7.35. The number of hydrogen-bond donors (Lipinski definition) is 2. The van der Waals surface area contributed by atoms with E-state index in [1.807, 2.05) is 0 Å². The Labute approximate surface area is 119 Å². The first-order valence-electron chi connectivity index (χ1n) is 7.77. The molecule has 0 radical (unpaired) electrons. The van der Waals surface area contributed by atoms with Gasteiger partial charge in [0, 0.05) is 30.7 Å². The zero-order valence-corrected chi connectivity index (χ0v) is 13.6. The van der Waals surface area contributed by atoms with Crippen molar-refractivity contribution < 1.29 is 9.84 Å². The van der Waals surface area contributed by atoms with Gasteiger partial charge in [-0.3, -0.25) is 0 Å². The zero-order chi connectivity index (χ0) is 14.6. The maximum Gasteiger partial charge on any atom is 0.0656 e. The second kappa shape index (κ2) is 7.05. The van der Waals surface area contributed by atoms with Crippen molar-refractivity contribution >= 4 is 0 Å². The van der Waals surface area contributed by atoms with Gasteiger partial charge in [0.2, 0.25) is 0 Å². The molecule has 3 nitrogen and oxygen atoms in total. The molecule has 2 N–H and O–H groups in total. The van der Waals surface area contributed by atoms with E-state index in [4.69, 9.17) is 9.84 Å². The fourth-order valence-corrected chi connectivity index (χ4v) is 2.77.